The van der Waals surface area contributed by atoms with Crippen molar-refractivity contribution in [2.75, 3.05) is 26.2 Å². The topological polar surface area (TPSA) is 15.3 Å². The molecule has 1 unspecified atom stereocenters. The van der Waals surface area contributed by atoms with Crippen LogP contribution in [0.2, 0.25) is 0 Å². The molecular weight excluding hydrogens is 196 g/mol. The van der Waals surface area contributed by atoms with Gasteiger partial charge in [-0.1, -0.05) is 20.3 Å². The van der Waals surface area contributed by atoms with E-state index in [0.717, 1.165) is 6.04 Å². The number of piperidine rings is 1. The molecule has 16 heavy (non-hydrogen) atoms. The van der Waals surface area contributed by atoms with Crippen LogP contribution in [0.3, 0.4) is 0 Å². The Labute approximate surface area is 101 Å². The maximum Gasteiger partial charge on any atom is 0.0195 e. The molecule has 94 valence electrons. The van der Waals surface area contributed by atoms with Gasteiger partial charge in [0.1, 0.15) is 0 Å². The summed E-state index contributed by atoms with van der Waals surface area (Å²) >= 11 is 0. The summed E-state index contributed by atoms with van der Waals surface area (Å²) in [5.41, 5.74) is 0.659. The lowest BCUT2D eigenvalue weighted by molar-refractivity contribution is 0.0655. The van der Waals surface area contributed by atoms with Crippen LogP contribution in [0.4, 0.5) is 0 Å². The third-order valence-corrected chi connectivity index (χ3v) is 4.35. The molecule has 0 aromatic carbocycles. The Morgan fingerprint density at radius 2 is 2.12 bits per heavy atom. The lowest BCUT2D eigenvalue weighted by Gasteiger charge is -2.44. The van der Waals surface area contributed by atoms with Gasteiger partial charge in [0.25, 0.3) is 0 Å². The highest BCUT2D eigenvalue weighted by atomic mass is 15.2. The molecule has 1 saturated carbocycles. The van der Waals surface area contributed by atoms with Crippen LogP contribution in [0, 0.1) is 5.41 Å². The van der Waals surface area contributed by atoms with Gasteiger partial charge in [-0.2, -0.15) is 0 Å². The van der Waals surface area contributed by atoms with Crippen molar-refractivity contribution in [3.05, 3.63) is 0 Å². The number of rotatable bonds is 5. The van der Waals surface area contributed by atoms with E-state index in [4.69, 9.17) is 0 Å². The van der Waals surface area contributed by atoms with Crippen molar-refractivity contribution >= 4 is 0 Å². The maximum absolute atomic E-state index is 3.68. The third kappa shape index (κ3) is 3.21. The Bertz CT molecular complexity index is 211. The zero-order chi connectivity index (χ0) is 11.4. The molecule has 1 saturated heterocycles. The molecule has 0 aromatic rings. The summed E-state index contributed by atoms with van der Waals surface area (Å²) in [6.45, 7) is 9.88. The Kier molecular flexibility index (Phi) is 4.26. The van der Waals surface area contributed by atoms with Gasteiger partial charge in [0.2, 0.25) is 0 Å². The van der Waals surface area contributed by atoms with Crippen molar-refractivity contribution in [2.45, 2.75) is 58.4 Å². The van der Waals surface area contributed by atoms with Crippen LogP contribution in [-0.2, 0) is 0 Å². The van der Waals surface area contributed by atoms with Gasteiger partial charge in [-0.05, 0) is 50.6 Å². The lowest BCUT2D eigenvalue weighted by atomic mass is 9.70. The van der Waals surface area contributed by atoms with Crippen molar-refractivity contribution in [1.82, 2.24) is 10.2 Å². The highest BCUT2D eigenvalue weighted by Gasteiger charge is 2.34. The van der Waals surface area contributed by atoms with Gasteiger partial charge in [0.05, 0.1) is 0 Å². The van der Waals surface area contributed by atoms with Gasteiger partial charge in [0, 0.05) is 19.1 Å². The van der Waals surface area contributed by atoms with Crippen molar-refractivity contribution in [2.24, 2.45) is 5.41 Å². The second-order valence-electron chi connectivity index (χ2n) is 6.19. The van der Waals surface area contributed by atoms with E-state index in [1.54, 1.807) is 0 Å². The van der Waals surface area contributed by atoms with Crippen molar-refractivity contribution in [3.63, 3.8) is 0 Å². The van der Waals surface area contributed by atoms with E-state index in [-0.39, 0.29) is 0 Å². The fourth-order valence-electron chi connectivity index (χ4n) is 3.19. The highest BCUT2D eigenvalue weighted by Crippen LogP contribution is 2.41. The number of hydrogen-bond acceptors (Lipinski definition) is 2. The number of nitrogens with zero attached hydrogens (tertiary/aromatic N) is 1. The highest BCUT2D eigenvalue weighted by molar-refractivity contribution is 4.88. The summed E-state index contributed by atoms with van der Waals surface area (Å²) in [5.74, 6) is 0. The average Bonchev–Trinajstić information content (AvgIpc) is 2.25. The largest absolute Gasteiger partial charge is 0.313 e. The molecule has 2 heteroatoms. The molecule has 0 radical (unpaired) electrons. The first-order valence-electron chi connectivity index (χ1n) is 7.18. The van der Waals surface area contributed by atoms with Crippen LogP contribution in [-0.4, -0.2) is 37.1 Å². The minimum atomic E-state index is 0.659. The Hall–Kier alpha value is -0.0800. The van der Waals surface area contributed by atoms with Crippen LogP contribution < -0.4 is 5.32 Å². The molecule has 2 nitrogen and oxygen atoms in total. The van der Waals surface area contributed by atoms with E-state index >= 15 is 0 Å². The van der Waals surface area contributed by atoms with Crippen molar-refractivity contribution in [3.8, 4) is 0 Å². The van der Waals surface area contributed by atoms with E-state index < -0.39 is 0 Å². The molecule has 1 aliphatic carbocycles. The summed E-state index contributed by atoms with van der Waals surface area (Å²) < 4.78 is 0. The minimum absolute atomic E-state index is 0.659. The van der Waals surface area contributed by atoms with Crippen LogP contribution in [0.1, 0.15) is 52.4 Å². The monoisotopic (exact) mass is 224 g/mol. The molecule has 0 bridgehead atoms. The molecule has 1 N–H and O–H groups in total. The van der Waals surface area contributed by atoms with Crippen LogP contribution in [0.5, 0.6) is 0 Å². The standard InChI is InChI=1S/C14H28N2/c1-3-9-15-13-6-4-10-16(11-13)12-14(2)7-5-8-14/h13,15H,3-12H2,1-2H3. The normalized spacial score (nSPS) is 30.0. The fraction of sp³-hybridized carbons (Fsp3) is 1.00. The van der Waals surface area contributed by atoms with Gasteiger partial charge in [-0.15, -0.1) is 0 Å². The number of hydrogen-bond donors (Lipinski definition) is 1. The lowest BCUT2D eigenvalue weighted by Crippen LogP contribution is -2.50. The molecule has 1 aliphatic heterocycles. The number of likely N-dealkylation sites (tertiary alicyclic amines) is 1. The summed E-state index contributed by atoms with van der Waals surface area (Å²) in [6, 6.07) is 0.761. The van der Waals surface area contributed by atoms with E-state index in [0.29, 0.717) is 5.41 Å². The van der Waals surface area contributed by atoms with Gasteiger partial charge in [-0.3, -0.25) is 0 Å². The molecule has 0 aromatic heterocycles. The van der Waals surface area contributed by atoms with E-state index in [9.17, 15) is 0 Å². The first-order chi connectivity index (χ1) is 7.72. The van der Waals surface area contributed by atoms with E-state index in [1.165, 1.54) is 64.7 Å². The van der Waals surface area contributed by atoms with E-state index in [1.807, 2.05) is 0 Å². The molecule has 2 aliphatic rings. The van der Waals surface area contributed by atoms with Gasteiger partial charge < -0.3 is 10.2 Å². The van der Waals surface area contributed by atoms with Gasteiger partial charge in [-0.25, -0.2) is 0 Å². The molecule has 0 spiro atoms. The quantitative estimate of drug-likeness (QED) is 0.772. The second-order valence-corrected chi connectivity index (χ2v) is 6.19. The smallest absolute Gasteiger partial charge is 0.0195 e. The number of nitrogens with one attached hydrogen (secondary N) is 1. The first-order valence-corrected chi connectivity index (χ1v) is 7.18. The van der Waals surface area contributed by atoms with Gasteiger partial charge >= 0.3 is 0 Å². The molecule has 1 heterocycles. The van der Waals surface area contributed by atoms with Crippen LogP contribution in [0.25, 0.3) is 0 Å². The summed E-state index contributed by atoms with van der Waals surface area (Å²) in [7, 11) is 0. The van der Waals surface area contributed by atoms with Gasteiger partial charge in [0.15, 0.2) is 0 Å². The van der Waals surface area contributed by atoms with Crippen molar-refractivity contribution in [1.29, 1.82) is 0 Å². The molecule has 2 rings (SSSR count). The predicted molar refractivity (Wildman–Crippen MR) is 69.7 cm³/mol. The Morgan fingerprint density at radius 1 is 1.31 bits per heavy atom. The molecule has 0 amide bonds. The van der Waals surface area contributed by atoms with E-state index in [2.05, 4.69) is 24.1 Å². The first kappa shape index (κ1) is 12.4. The zero-order valence-electron chi connectivity index (χ0n) is 11.1. The van der Waals surface area contributed by atoms with Crippen LogP contribution in [0.15, 0.2) is 0 Å². The Morgan fingerprint density at radius 3 is 2.75 bits per heavy atom. The summed E-state index contributed by atoms with van der Waals surface area (Å²) in [5, 5.41) is 3.68. The third-order valence-electron chi connectivity index (χ3n) is 4.35. The summed E-state index contributed by atoms with van der Waals surface area (Å²) in [4.78, 5) is 2.70. The van der Waals surface area contributed by atoms with Crippen molar-refractivity contribution < 1.29 is 0 Å². The average molecular weight is 224 g/mol. The fourth-order valence-corrected chi connectivity index (χ4v) is 3.19. The SMILES string of the molecule is CCCNC1CCCN(CC2(C)CCC2)C1. The molecule has 2 fully saturated rings. The second kappa shape index (κ2) is 5.50. The Balaban J connectivity index is 1.73. The molecular formula is C14H28N2. The maximum atomic E-state index is 3.68. The summed E-state index contributed by atoms with van der Waals surface area (Å²) in [6.07, 6.45) is 8.40. The minimum Gasteiger partial charge on any atom is -0.313 e. The van der Waals surface area contributed by atoms with Crippen LogP contribution >= 0.6 is 0 Å². The molecule has 1 atom stereocenters. The zero-order valence-corrected chi connectivity index (χ0v) is 11.1. The predicted octanol–water partition coefficient (Wildman–Crippen LogP) is 2.64.